The summed E-state index contributed by atoms with van der Waals surface area (Å²) in [6.45, 7) is -3.34. The molecule has 0 bridgehead atoms. The molecule has 0 saturated heterocycles. The zero-order chi connectivity index (χ0) is 32.6. The molecule has 5 nitrogen and oxygen atoms in total. The average Bonchev–Trinajstić information content (AvgIpc) is 3.39. The van der Waals surface area contributed by atoms with Crippen molar-refractivity contribution in [1.29, 1.82) is 0 Å². The quantitative estimate of drug-likeness (QED) is 0.211. The Morgan fingerprint density at radius 3 is 2.02 bits per heavy atom. The maximum absolute atomic E-state index is 13.5. The first-order valence-corrected chi connectivity index (χ1v) is 13.4. The second-order valence-electron chi connectivity index (χ2n) is 9.88. The number of halogens is 9. The molecule has 45 heavy (non-hydrogen) atoms. The number of carbonyl (C=O) groups excluding carboxylic acids is 1. The molecule has 1 aliphatic heterocycles. The lowest BCUT2D eigenvalue weighted by atomic mass is 9.69. The molecule has 0 spiro atoms. The predicted molar refractivity (Wildman–Crippen MR) is 150 cm³/mol. The average molecular weight is 654 g/mol. The number of nitrogens with zero attached hydrogens (tertiary/aromatic N) is 2. The zero-order valence-corrected chi connectivity index (χ0v) is 23.4. The first kappa shape index (κ1) is 31.8. The summed E-state index contributed by atoms with van der Waals surface area (Å²) in [6, 6.07) is 19.8. The Labute approximate surface area is 255 Å². The summed E-state index contributed by atoms with van der Waals surface area (Å²) < 4.78 is 110. The molecule has 234 valence electrons. The Morgan fingerprint density at radius 1 is 0.844 bits per heavy atom. The zero-order valence-electron chi connectivity index (χ0n) is 22.6. The number of hydrazone groups is 1. The van der Waals surface area contributed by atoms with Gasteiger partial charge in [0.15, 0.2) is 0 Å². The van der Waals surface area contributed by atoms with Gasteiger partial charge < -0.3 is 10.1 Å². The summed E-state index contributed by atoms with van der Waals surface area (Å²) in [5.74, 6) is -0.164. The van der Waals surface area contributed by atoms with Crippen LogP contribution in [0.3, 0.4) is 0 Å². The fraction of sp³-hybridized carbons (Fsp3) is 0.161. The van der Waals surface area contributed by atoms with Gasteiger partial charge in [0.25, 0.3) is 0 Å². The van der Waals surface area contributed by atoms with Crippen LogP contribution >= 0.6 is 11.6 Å². The molecule has 1 unspecified atom stereocenters. The summed E-state index contributed by atoms with van der Waals surface area (Å²) in [7, 11) is 0. The van der Waals surface area contributed by atoms with Gasteiger partial charge in [-0.15, -0.1) is 0 Å². The van der Waals surface area contributed by atoms with Crippen molar-refractivity contribution in [2.75, 3.05) is 11.9 Å². The van der Waals surface area contributed by atoms with Gasteiger partial charge in [0.2, 0.25) is 0 Å². The SMILES string of the molecule is O=C(Nc1ccc(C(F)(F)F)cc1)N1CC(c2ccccc2)(c2ccc(OC(F)F)cc2)C(c2ccc(C(F)(F)F)c(Cl)c2)=N1. The van der Waals surface area contributed by atoms with E-state index in [0.29, 0.717) is 11.1 Å². The molecule has 4 aromatic rings. The van der Waals surface area contributed by atoms with E-state index in [1.165, 1.54) is 24.3 Å². The minimum atomic E-state index is -4.75. The smallest absolute Gasteiger partial charge is 0.417 e. The lowest BCUT2D eigenvalue weighted by Gasteiger charge is -2.32. The maximum Gasteiger partial charge on any atom is 0.417 e. The standard InChI is InChI=1S/C31H20ClF8N3O2/c32-25-16-18(6-15-24(25)31(38,39)40)26-29(19-4-2-1-3-5-19,20-9-13-23(14-10-20)45-27(33)34)17-43(42-26)28(44)41-22-11-7-21(8-12-22)30(35,36)37/h1-16,27H,17H2,(H,41,44). The Kier molecular flexibility index (Phi) is 8.49. The van der Waals surface area contributed by atoms with Crippen LogP contribution in [0.1, 0.15) is 27.8 Å². The number of hydrogen-bond acceptors (Lipinski definition) is 3. The molecule has 0 radical (unpaired) electrons. The van der Waals surface area contributed by atoms with Crippen molar-refractivity contribution >= 4 is 29.0 Å². The number of rotatable bonds is 6. The molecule has 14 heteroatoms. The molecule has 0 fully saturated rings. The van der Waals surface area contributed by atoms with Gasteiger partial charge in [0.1, 0.15) is 5.75 Å². The number of anilines is 1. The third kappa shape index (κ3) is 6.58. The van der Waals surface area contributed by atoms with Crippen LogP contribution in [0.5, 0.6) is 5.75 Å². The second kappa shape index (κ2) is 12.0. The van der Waals surface area contributed by atoms with E-state index in [-0.39, 0.29) is 29.3 Å². The molecular formula is C31H20ClF8N3O2. The van der Waals surface area contributed by atoms with Crippen molar-refractivity contribution in [3.63, 3.8) is 0 Å². The Balaban J connectivity index is 1.63. The summed E-state index contributed by atoms with van der Waals surface area (Å²) in [5.41, 5.74) is -2.23. The van der Waals surface area contributed by atoms with E-state index < -0.39 is 46.6 Å². The normalized spacial score (nSPS) is 16.9. The highest BCUT2D eigenvalue weighted by atomic mass is 35.5. The van der Waals surface area contributed by atoms with Gasteiger partial charge in [-0.05, 0) is 59.7 Å². The molecule has 0 aliphatic carbocycles. The Bertz CT molecular complexity index is 1710. The first-order chi connectivity index (χ1) is 21.2. The van der Waals surface area contributed by atoms with Crippen LogP contribution in [-0.2, 0) is 17.8 Å². The van der Waals surface area contributed by atoms with E-state index in [1.54, 1.807) is 30.3 Å². The van der Waals surface area contributed by atoms with E-state index in [0.717, 1.165) is 47.5 Å². The third-order valence-electron chi connectivity index (χ3n) is 7.10. The number of benzene rings is 4. The van der Waals surface area contributed by atoms with Crippen LogP contribution in [0, 0.1) is 0 Å². The molecule has 4 aromatic carbocycles. The van der Waals surface area contributed by atoms with Crippen molar-refractivity contribution in [2.45, 2.75) is 24.4 Å². The van der Waals surface area contributed by atoms with E-state index in [4.69, 9.17) is 11.6 Å². The molecule has 2 amide bonds. The van der Waals surface area contributed by atoms with Crippen molar-refractivity contribution in [2.24, 2.45) is 5.10 Å². The molecule has 5 rings (SSSR count). The van der Waals surface area contributed by atoms with E-state index in [1.807, 2.05) is 0 Å². The van der Waals surface area contributed by atoms with Crippen LogP contribution < -0.4 is 10.1 Å². The highest BCUT2D eigenvalue weighted by Gasteiger charge is 2.48. The van der Waals surface area contributed by atoms with Gasteiger partial charge in [-0.2, -0.15) is 40.2 Å². The minimum Gasteiger partial charge on any atom is -0.435 e. The fourth-order valence-corrected chi connectivity index (χ4v) is 5.34. The van der Waals surface area contributed by atoms with Crippen molar-refractivity contribution in [3.05, 3.63) is 130 Å². The molecular weight excluding hydrogens is 634 g/mol. The van der Waals surface area contributed by atoms with Crippen molar-refractivity contribution < 1.29 is 44.7 Å². The summed E-state index contributed by atoms with van der Waals surface area (Å²) >= 11 is 6.06. The van der Waals surface area contributed by atoms with Crippen molar-refractivity contribution in [1.82, 2.24) is 5.01 Å². The number of nitrogens with one attached hydrogen (secondary N) is 1. The molecule has 1 N–H and O–H groups in total. The van der Waals surface area contributed by atoms with Gasteiger partial charge in [0, 0.05) is 11.3 Å². The van der Waals surface area contributed by atoms with E-state index in [9.17, 15) is 39.9 Å². The lowest BCUT2D eigenvalue weighted by Crippen LogP contribution is -2.42. The number of urea groups is 1. The maximum atomic E-state index is 13.5. The highest BCUT2D eigenvalue weighted by Crippen LogP contribution is 2.44. The lowest BCUT2D eigenvalue weighted by molar-refractivity contribution is -0.138. The van der Waals surface area contributed by atoms with Crippen LogP contribution in [0.15, 0.2) is 102 Å². The van der Waals surface area contributed by atoms with Gasteiger partial charge in [-0.25, -0.2) is 9.80 Å². The number of ether oxygens (including phenoxy) is 1. The van der Waals surface area contributed by atoms with Crippen LogP contribution in [-0.4, -0.2) is 29.9 Å². The van der Waals surface area contributed by atoms with Gasteiger partial charge in [0.05, 0.1) is 33.8 Å². The molecule has 1 heterocycles. The Hall–Kier alpha value is -4.65. The first-order valence-electron chi connectivity index (χ1n) is 13.0. The Morgan fingerprint density at radius 2 is 1.47 bits per heavy atom. The van der Waals surface area contributed by atoms with E-state index in [2.05, 4.69) is 15.2 Å². The molecule has 1 atom stereocenters. The number of hydrogen-bond donors (Lipinski definition) is 1. The minimum absolute atomic E-state index is 0.0213. The third-order valence-corrected chi connectivity index (χ3v) is 7.41. The van der Waals surface area contributed by atoms with Gasteiger partial charge in [-0.1, -0.05) is 60.1 Å². The highest BCUT2D eigenvalue weighted by molar-refractivity contribution is 6.32. The topological polar surface area (TPSA) is 53.9 Å². The van der Waals surface area contributed by atoms with Crippen LogP contribution in [0.4, 0.5) is 45.6 Å². The number of alkyl halides is 8. The summed E-state index contributed by atoms with van der Waals surface area (Å²) in [5, 5.41) is 7.32. The summed E-state index contributed by atoms with van der Waals surface area (Å²) in [6.07, 6.45) is -9.34. The fourth-order valence-electron chi connectivity index (χ4n) is 5.05. The monoisotopic (exact) mass is 653 g/mol. The number of amides is 2. The molecule has 1 aliphatic rings. The molecule has 0 saturated carbocycles. The second-order valence-corrected chi connectivity index (χ2v) is 10.3. The molecule has 0 aromatic heterocycles. The predicted octanol–water partition coefficient (Wildman–Crippen LogP) is 9.22. The van der Waals surface area contributed by atoms with E-state index >= 15 is 0 Å². The largest absolute Gasteiger partial charge is 0.435 e. The summed E-state index contributed by atoms with van der Waals surface area (Å²) in [4.78, 5) is 13.5. The van der Waals surface area contributed by atoms with Crippen LogP contribution in [0.2, 0.25) is 5.02 Å². The van der Waals surface area contributed by atoms with Gasteiger partial charge >= 0.3 is 25.0 Å². The van der Waals surface area contributed by atoms with Crippen LogP contribution in [0.25, 0.3) is 0 Å². The van der Waals surface area contributed by atoms with Gasteiger partial charge in [-0.3, -0.25) is 0 Å². The number of carbonyl (C=O) groups is 1. The van der Waals surface area contributed by atoms with Crippen molar-refractivity contribution in [3.8, 4) is 5.75 Å².